The van der Waals surface area contributed by atoms with Crippen molar-refractivity contribution in [1.82, 2.24) is 9.78 Å². The van der Waals surface area contributed by atoms with Crippen LogP contribution in [0.4, 0.5) is 24.5 Å². The number of halogens is 3. The number of hydrogen-bond acceptors (Lipinski definition) is 4. The first-order valence-electron chi connectivity index (χ1n) is 9.28. The van der Waals surface area contributed by atoms with Crippen molar-refractivity contribution < 1.29 is 26.4 Å². The Labute approximate surface area is 176 Å². The van der Waals surface area contributed by atoms with Gasteiger partial charge in [0.15, 0.2) is 0 Å². The summed E-state index contributed by atoms with van der Waals surface area (Å²) in [6.07, 6.45) is -1.11. The highest BCUT2D eigenvalue weighted by molar-refractivity contribution is 7.93. The first-order valence-corrected chi connectivity index (χ1v) is 10.9. The zero-order valence-corrected chi connectivity index (χ0v) is 16.8. The minimum absolute atomic E-state index is 0.0287. The molecule has 0 saturated carbocycles. The van der Waals surface area contributed by atoms with Crippen LogP contribution in [-0.4, -0.2) is 36.4 Å². The molecule has 2 aromatic carbocycles. The van der Waals surface area contributed by atoms with Gasteiger partial charge in [0.1, 0.15) is 0 Å². The Hall–Kier alpha value is -3.34. The van der Waals surface area contributed by atoms with E-state index >= 15 is 0 Å². The lowest BCUT2D eigenvalue weighted by Gasteiger charge is -2.18. The number of rotatable bonds is 4. The van der Waals surface area contributed by atoms with E-state index < -0.39 is 27.7 Å². The fraction of sp³-hybridized carbons (Fsp3) is 0.200. The van der Waals surface area contributed by atoms with Gasteiger partial charge in [0, 0.05) is 24.5 Å². The van der Waals surface area contributed by atoms with Gasteiger partial charge in [-0.1, -0.05) is 6.07 Å². The van der Waals surface area contributed by atoms with Crippen LogP contribution in [0.25, 0.3) is 5.69 Å². The number of anilines is 2. The summed E-state index contributed by atoms with van der Waals surface area (Å²) in [6.45, 7) is 0.310. The molecule has 0 bridgehead atoms. The Bertz CT molecular complexity index is 1220. The molecule has 4 rings (SSSR count). The zero-order valence-electron chi connectivity index (χ0n) is 16.0. The second-order valence-corrected chi connectivity index (χ2v) is 8.94. The highest BCUT2D eigenvalue weighted by Gasteiger charge is 2.32. The van der Waals surface area contributed by atoms with Gasteiger partial charge in [-0.25, -0.2) is 13.1 Å². The van der Waals surface area contributed by atoms with E-state index in [-0.39, 0.29) is 22.7 Å². The SMILES string of the molecule is O=C(Nc1cc(C(F)(F)F)ccc1-n1cccn1)c1cccc(N2CCCS2(=O)=O)c1. The monoisotopic (exact) mass is 450 g/mol. The highest BCUT2D eigenvalue weighted by atomic mass is 32.2. The number of sulfonamides is 1. The largest absolute Gasteiger partial charge is 0.416 e. The lowest BCUT2D eigenvalue weighted by atomic mass is 10.1. The maximum atomic E-state index is 13.2. The van der Waals surface area contributed by atoms with E-state index in [2.05, 4.69) is 10.4 Å². The summed E-state index contributed by atoms with van der Waals surface area (Å²) < 4.78 is 66.5. The fourth-order valence-electron chi connectivity index (χ4n) is 3.35. The lowest BCUT2D eigenvalue weighted by Crippen LogP contribution is -2.25. The molecule has 1 aliphatic heterocycles. The highest BCUT2D eigenvalue weighted by Crippen LogP contribution is 2.33. The van der Waals surface area contributed by atoms with Crippen LogP contribution in [0, 0.1) is 0 Å². The van der Waals surface area contributed by atoms with Gasteiger partial charge in [-0.15, -0.1) is 0 Å². The number of amides is 1. The molecule has 3 aromatic rings. The van der Waals surface area contributed by atoms with Gasteiger partial charge in [0.2, 0.25) is 10.0 Å². The van der Waals surface area contributed by atoms with E-state index in [4.69, 9.17) is 0 Å². The molecule has 162 valence electrons. The second-order valence-electron chi connectivity index (χ2n) is 6.93. The van der Waals surface area contributed by atoms with Crippen molar-refractivity contribution in [3.8, 4) is 5.69 Å². The van der Waals surface area contributed by atoms with Gasteiger partial charge in [-0.2, -0.15) is 18.3 Å². The second kappa shape index (κ2) is 7.73. The van der Waals surface area contributed by atoms with Crippen LogP contribution in [-0.2, 0) is 16.2 Å². The average Bonchev–Trinajstić information content (AvgIpc) is 3.36. The van der Waals surface area contributed by atoms with E-state index in [1.807, 2.05) is 0 Å². The predicted molar refractivity (Wildman–Crippen MR) is 109 cm³/mol. The Morgan fingerprint density at radius 3 is 2.55 bits per heavy atom. The molecule has 0 spiro atoms. The molecule has 0 atom stereocenters. The number of carbonyl (C=O) groups excluding carboxylic acids is 1. The Morgan fingerprint density at radius 2 is 1.90 bits per heavy atom. The molecule has 1 N–H and O–H groups in total. The number of benzene rings is 2. The van der Waals surface area contributed by atoms with Crippen LogP contribution in [0.3, 0.4) is 0 Å². The van der Waals surface area contributed by atoms with Gasteiger partial charge in [0.05, 0.1) is 28.4 Å². The topological polar surface area (TPSA) is 84.3 Å². The normalized spacial score (nSPS) is 15.8. The number of nitrogens with zero attached hydrogens (tertiary/aromatic N) is 3. The molecular formula is C20H17F3N4O3S. The van der Waals surface area contributed by atoms with Gasteiger partial charge in [-0.3, -0.25) is 9.10 Å². The van der Waals surface area contributed by atoms with Crippen LogP contribution in [0.5, 0.6) is 0 Å². The molecule has 0 aliphatic carbocycles. The molecule has 0 radical (unpaired) electrons. The lowest BCUT2D eigenvalue weighted by molar-refractivity contribution is -0.137. The van der Waals surface area contributed by atoms with Gasteiger partial charge < -0.3 is 5.32 Å². The first-order chi connectivity index (χ1) is 14.6. The molecule has 1 aromatic heterocycles. The van der Waals surface area contributed by atoms with Crippen molar-refractivity contribution in [2.24, 2.45) is 0 Å². The summed E-state index contributed by atoms with van der Waals surface area (Å²) in [5.74, 6) is -0.646. The third kappa shape index (κ3) is 4.26. The Balaban J connectivity index is 1.68. The number of alkyl halides is 3. The molecule has 1 amide bonds. The van der Waals surface area contributed by atoms with Crippen molar-refractivity contribution in [3.05, 3.63) is 72.1 Å². The Kier molecular flexibility index (Phi) is 5.21. The molecule has 1 fully saturated rings. The van der Waals surface area contributed by atoms with Crippen LogP contribution in [0.15, 0.2) is 60.9 Å². The fourth-order valence-corrected chi connectivity index (χ4v) is 4.91. The molecule has 31 heavy (non-hydrogen) atoms. The van der Waals surface area contributed by atoms with Crippen molar-refractivity contribution in [2.45, 2.75) is 12.6 Å². The summed E-state index contributed by atoms with van der Waals surface area (Å²) in [5, 5.41) is 6.51. The molecule has 0 unspecified atom stereocenters. The minimum Gasteiger partial charge on any atom is -0.320 e. The molecule has 1 aliphatic rings. The summed E-state index contributed by atoms with van der Waals surface area (Å²) in [7, 11) is -3.43. The Morgan fingerprint density at radius 1 is 1.10 bits per heavy atom. The van der Waals surface area contributed by atoms with E-state index in [9.17, 15) is 26.4 Å². The average molecular weight is 450 g/mol. The van der Waals surface area contributed by atoms with Crippen molar-refractivity contribution in [1.29, 1.82) is 0 Å². The number of carbonyl (C=O) groups is 1. The van der Waals surface area contributed by atoms with Gasteiger partial charge in [-0.05, 0) is 48.9 Å². The van der Waals surface area contributed by atoms with Crippen LogP contribution >= 0.6 is 0 Å². The van der Waals surface area contributed by atoms with Crippen LogP contribution < -0.4 is 9.62 Å². The summed E-state index contributed by atoms with van der Waals surface area (Å²) >= 11 is 0. The molecule has 7 nitrogen and oxygen atoms in total. The van der Waals surface area contributed by atoms with Crippen LogP contribution in [0.2, 0.25) is 0 Å². The maximum Gasteiger partial charge on any atom is 0.416 e. The molecule has 1 saturated heterocycles. The smallest absolute Gasteiger partial charge is 0.320 e. The van der Waals surface area contributed by atoms with E-state index in [0.717, 1.165) is 12.1 Å². The van der Waals surface area contributed by atoms with Gasteiger partial charge >= 0.3 is 6.18 Å². The third-order valence-electron chi connectivity index (χ3n) is 4.82. The summed E-state index contributed by atoms with van der Waals surface area (Å²) in [4.78, 5) is 12.8. The quantitative estimate of drug-likeness (QED) is 0.657. The number of aromatic nitrogens is 2. The zero-order chi connectivity index (χ0) is 22.2. The standard InChI is InChI=1S/C20H17F3N4O3S/c21-20(22,23)15-6-7-18(26-9-2-8-24-26)17(13-15)25-19(28)14-4-1-5-16(12-14)27-10-3-11-31(27,29)30/h1-2,4-9,12-13H,3,10-11H2,(H,25,28). The third-order valence-corrected chi connectivity index (χ3v) is 6.69. The minimum atomic E-state index is -4.59. The molecule has 2 heterocycles. The van der Waals surface area contributed by atoms with Crippen LogP contribution in [0.1, 0.15) is 22.3 Å². The van der Waals surface area contributed by atoms with E-state index in [1.165, 1.54) is 45.6 Å². The maximum absolute atomic E-state index is 13.2. The van der Waals surface area contributed by atoms with Crippen molar-refractivity contribution in [2.75, 3.05) is 21.9 Å². The summed E-state index contributed by atoms with van der Waals surface area (Å²) in [5.41, 5.74) is -0.298. The summed E-state index contributed by atoms with van der Waals surface area (Å²) in [6, 6.07) is 10.5. The molecular weight excluding hydrogens is 433 g/mol. The van der Waals surface area contributed by atoms with E-state index in [1.54, 1.807) is 12.1 Å². The van der Waals surface area contributed by atoms with Gasteiger partial charge in [0.25, 0.3) is 5.91 Å². The van der Waals surface area contributed by atoms with Crippen molar-refractivity contribution in [3.63, 3.8) is 0 Å². The number of nitrogens with one attached hydrogen (secondary N) is 1. The van der Waals surface area contributed by atoms with E-state index in [0.29, 0.717) is 18.7 Å². The van der Waals surface area contributed by atoms with Crippen molar-refractivity contribution >= 4 is 27.3 Å². The molecule has 11 heteroatoms. The number of hydrogen-bond donors (Lipinski definition) is 1. The first kappa shape index (κ1) is 20.9. The predicted octanol–water partition coefficient (Wildman–Crippen LogP) is 3.68.